The Balaban J connectivity index is 1.58. The Kier molecular flexibility index (Phi) is 11.9. The van der Waals surface area contributed by atoms with Crippen LogP contribution in [0.1, 0.15) is 94.7 Å². The van der Waals surface area contributed by atoms with E-state index in [1.165, 1.54) is 56.9 Å². The third kappa shape index (κ3) is 10.1. The molecule has 3 nitrogen and oxygen atoms in total. The van der Waals surface area contributed by atoms with Gasteiger partial charge >= 0.3 is 0 Å². The van der Waals surface area contributed by atoms with Crippen molar-refractivity contribution in [3.63, 3.8) is 0 Å². The van der Waals surface area contributed by atoms with Crippen molar-refractivity contribution in [2.75, 3.05) is 5.32 Å². The molecule has 1 unspecified atom stereocenters. The molecule has 2 rings (SSSR count). The van der Waals surface area contributed by atoms with Crippen LogP contribution in [0.2, 0.25) is 0 Å². The SMILES string of the molecule is CCCCCCCCCCCCC(=O)Nc1ccc(C([NH])Cc2ccccc2)cc1. The van der Waals surface area contributed by atoms with Crippen molar-refractivity contribution in [3.8, 4) is 0 Å². The normalized spacial score (nSPS) is 11.9. The Morgan fingerprint density at radius 3 is 1.97 bits per heavy atom. The minimum absolute atomic E-state index is 0.0917. The molecule has 0 aromatic heterocycles. The van der Waals surface area contributed by atoms with E-state index in [1.54, 1.807) is 0 Å². The van der Waals surface area contributed by atoms with Gasteiger partial charge in [0.25, 0.3) is 0 Å². The molecule has 0 aliphatic rings. The number of unbranched alkanes of at least 4 members (excludes halogenated alkanes) is 9. The highest BCUT2D eigenvalue weighted by atomic mass is 16.1. The topological polar surface area (TPSA) is 52.9 Å². The fourth-order valence-electron chi connectivity index (χ4n) is 3.76. The lowest BCUT2D eigenvalue weighted by atomic mass is 9.99. The summed E-state index contributed by atoms with van der Waals surface area (Å²) in [5, 5.41) is 2.99. The summed E-state index contributed by atoms with van der Waals surface area (Å²) < 4.78 is 0. The maximum Gasteiger partial charge on any atom is 0.224 e. The lowest BCUT2D eigenvalue weighted by Crippen LogP contribution is -2.11. The van der Waals surface area contributed by atoms with Crippen LogP contribution in [-0.2, 0) is 11.2 Å². The standard InChI is InChI=1S/C27H39N2O/c1-2-3-4-5-6-7-8-9-10-14-17-27(30)29-25-20-18-24(19-21-25)26(28)22-23-15-12-11-13-16-23/h11-13,15-16,18-21,26,28H,2-10,14,17,22H2,1H3,(H,29,30). The highest BCUT2D eigenvalue weighted by Gasteiger charge is 2.09. The van der Waals surface area contributed by atoms with Gasteiger partial charge in [0.1, 0.15) is 0 Å². The predicted octanol–water partition coefficient (Wildman–Crippen LogP) is 7.50. The number of amides is 1. The largest absolute Gasteiger partial charge is 0.326 e. The molecule has 3 heteroatoms. The number of benzene rings is 2. The summed E-state index contributed by atoms with van der Waals surface area (Å²) in [6.07, 6.45) is 14.1. The summed E-state index contributed by atoms with van der Waals surface area (Å²) in [4.78, 5) is 12.2. The molecule has 0 bridgehead atoms. The molecule has 0 fully saturated rings. The second kappa shape index (κ2) is 14.8. The maximum absolute atomic E-state index is 12.2. The number of carbonyl (C=O) groups is 1. The second-order valence-corrected chi connectivity index (χ2v) is 8.34. The smallest absolute Gasteiger partial charge is 0.224 e. The first kappa shape index (κ1) is 24.1. The van der Waals surface area contributed by atoms with E-state index in [4.69, 9.17) is 5.73 Å². The molecule has 1 amide bonds. The van der Waals surface area contributed by atoms with Gasteiger partial charge in [-0.1, -0.05) is 107 Å². The molecule has 2 aromatic carbocycles. The monoisotopic (exact) mass is 407 g/mol. The molecule has 0 aliphatic heterocycles. The van der Waals surface area contributed by atoms with Crippen molar-refractivity contribution >= 4 is 11.6 Å². The van der Waals surface area contributed by atoms with Crippen molar-refractivity contribution in [3.05, 3.63) is 65.7 Å². The fourth-order valence-corrected chi connectivity index (χ4v) is 3.76. The molecule has 0 spiro atoms. The van der Waals surface area contributed by atoms with Gasteiger partial charge in [0.15, 0.2) is 0 Å². The van der Waals surface area contributed by atoms with Gasteiger partial charge < -0.3 is 5.32 Å². The predicted molar refractivity (Wildman–Crippen MR) is 128 cm³/mol. The molecule has 0 saturated carbocycles. The fraction of sp³-hybridized carbons (Fsp3) is 0.519. The molecular formula is C27H39N2O. The molecule has 0 saturated heterocycles. The molecule has 2 N–H and O–H groups in total. The van der Waals surface area contributed by atoms with E-state index >= 15 is 0 Å². The van der Waals surface area contributed by atoms with Crippen molar-refractivity contribution in [1.29, 1.82) is 0 Å². The van der Waals surface area contributed by atoms with Crippen LogP contribution in [0.3, 0.4) is 0 Å². The van der Waals surface area contributed by atoms with E-state index in [-0.39, 0.29) is 11.9 Å². The third-order valence-corrected chi connectivity index (χ3v) is 5.64. The molecule has 1 radical (unpaired) electrons. The van der Waals surface area contributed by atoms with Gasteiger partial charge in [0, 0.05) is 12.1 Å². The number of anilines is 1. The number of rotatable bonds is 15. The molecule has 2 aromatic rings. The van der Waals surface area contributed by atoms with Crippen LogP contribution < -0.4 is 11.1 Å². The lowest BCUT2D eigenvalue weighted by molar-refractivity contribution is -0.116. The average Bonchev–Trinajstić information content (AvgIpc) is 2.76. The second-order valence-electron chi connectivity index (χ2n) is 8.34. The Hall–Kier alpha value is -2.13. The molecule has 163 valence electrons. The van der Waals surface area contributed by atoms with E-state index in [2.05, 4.69) is 24.4 Å². The zero-order valence-electron chi connectivity index (χ0n) is 18.7. The Bertz CT molecular complexity index is 697. The van der Waals surface area contributed by atoms with Crippen LogP contribution in [-0.4, -0.2) is 5.91 Å². The summed E-state index contributed by atoms with van der Waals surface area (Å²) >= 11 is 0. The summed E-state index contributed by atoms with van der Waals surface area (Å²) in [6.45, 7) is 2.26. The quantitative estimate of drug-likeness (QED) is 0.305. The van der Waals surface area contributed by atoms with Gasteiger partial charge in [-0.15, -0.1) is 0 Å². The summed E-state index contributed by atoms with van der Waals surface area (Å²) in [7, 11) is 0. The van der Waals surface area contributed by atoms with Gasteiger partial charge in [-0.3, -0.25) is 4.79 Å². The van der Waals surface area contributed by atoms with Crippen LogP contribution in [0.5, 0.6) is 0 Å². The third-order valence-electron chi connectivity index (χ3n) is 5.64. The van der Waals surface area contributed by atoms with Crippen molar-refractivity contribution < 1.29 is 4.79 Å². The molecule has 0 aliphatic carbocycles. The van der Waals surface area contributed by atoms with Crippen LogP contribution in [0.4, 0.5) is 5.69 Å². The van der Waals surface area contributed by atoms with Gasteiger partial charge in [-0.25, -0.2) is 5.73 Å². The first-order chi connectivity index (χ1) is 14.7. The van der Waals surface area contributed by atoms with Crippen LogP contribution in [0.15, 0.2) is 54.6 Å². The van der Waals surface area contributed by atoms with Crippen LogP contribution >= 0.6 is 0 Å². The number of carbonyl (C=O) groups excluding carboxylic acids is 1. The summed E-state index contributed by atoms with van der Waals surface area (Å²) in [5.74, 6) is 0.0917. The molecule has 0 heterocycles. The highest BCUT2D eigenvalue weighted by molar-refractivity contribution is 5.90. The van der Waals surface area contributed by atoms with E-state index in [0.717, 1.165) is 24.1 Å². The zero-order chi connectivity index (χ0) is 21.4. The molecule has 1 atom stereocenters. The van der Waals surface area contributed by atoms with E-state index in [9.17, 15) is 4.79 Å². The minimum atomic E-state index is -0.288. The number of hydrogen-bond acceptors (Lipinski definition) is 1. The van der Waals surface area contributed by atoms with Gasteiger partial charge in [0.05, 0.1) is 6.04 Å². The van der Waals surface area contributed by atoms with Crippen LogP contribution in [0.25, 0.3) is 0 Å². The Morgan fingerprint density at radius 2 is 1.37 bits per heavy atom. The zero-order valence-corrected chi connectivity index (χ0v) is 18.7. The van der Waals surface area contributed by atoms with Gasteiger partial charge in [0.2, 0.25) is 5.91 Å². The van der Waals surface area contributed by atoms with Crippen molar-refractivity contribution in [2.45, 2.75) is 90.0 Å². The van der Waals surface area contributed by atoms with Gasteiger partial charge in [-0.05, 0) is 36.1 Å². The first-order valence-corrected chi connectivity index (χ1v) is 11.8. The van der Waals surface area contributed by atoms with E-state index in [1.807, 2.05) is 42.5 Å². The molecule has 30 heavy (non-hydrogen) atoms. The lowest BCUT2D eigenvalue weighted by Gasteiger charge is -2.12. The summed E-state index contributed by atoms with van der Waals surface area (Å²) in [6, 6.07) is 17.6. The number of hydrogen-bond donors (Lipinski definition) is 1. The Morgan fingerprint density at radius 1 is 0.800 bits per heavy atom. The van der Waals surface area contributed by atoms with Crippen molar-refractivity contribution in [2.24, 2.45) is 0 Å². The first-order valence-electron chi connectivity index (χ1n) is 11.8. The maximum atomic E-state index is 12.2. The van der Waals surface area contributed by atoms with Gasteiger partial charge in [-0.2, -0.15) is 0 Å². The average molecular weight is 408 g/mol. The Labute approximate surface area is 183 Å². The number of nitrogens with one attached hydrogen (secondary N) is 2. The van der Waals surface area contributed by atoms with E-state index < -0.39 is 0 Å². The summed E-state index contributed by atoms with van der Waals surface area (Å²) in [5.41, 5.74) is 11.4. The van der Waals surface area contributed by atoms with E-state index in [0.29, 0.717) is 12.8 Å². The molecular weight excluding hydrogens is 368 g/mol. The highest BCUT2D eigenvalue weighted by Crippen LogP contribution is 2.20. The van der Waals surface area contributed by atoms with Crippen molar-refractivity contribution in [1.82, 2.24) is 5.73 Å². The minimum Gasteiger partial charge on any atom is -0.326 e. The van der Waals surface area contributed by atoms with Crippen LogP contribution in [0, 0.1) is 0 Å².